The summed E-state index contributed by atoms with van der Waals surface area (Å²) >= 11 is 5.50. The second kappa shape index (κ2) is 6.89. The number of nitrogens with two attached hydrogens (primary N) is 1. The van der Waals surface area contributed by atoms with Crippen molar-refractivity contribution in [3.8, 4) is 5.75 Å². The molecule has 0 saturated carbocycles. The molecule has 0 aliphatic carbocycles. The van der Waals surface area contributed by atoms with E-state index >= 15 is 0 Å². The normalized spacial score (nSPS) is 24.3. The van der Waals surface area contributed by atoms with Crippen molar-refractivity contribution in [3.05, 3.63) is 52.9 Å². The molecule has 2 aromatic carbocycles. The molecule has 0 radical (unpaired) electrons. The highest BCUT2D eigenvalue weighted by Gasteiger charge is 2.53. The lowest BCUT2D eigenvalue weighted by Crippen LogP contribution is -2.60. The molecule has 0 spiro atoms. The third-order valence-corrected chi connectivity index (χ3v) is 5.54. The van der Waals surface area contributed by atoms with Gasteiger partial charge < -0.3 is 29.5 Å². The van der Waals surface area contributed by atoms with Gasteiger partial charge in [-0.05, 0) is 49.5 Å². The first kappa shape index (κ1) is 18.9. The van der Waals surface area contributed by atoms with Crippen LogP contribution in [-0.4, -0.2) is 41.9 Å². The molecule has 1 aliphatic rings. The molecule has 0 fully saturated rings. The molecule has 28 heavy (non-hydrogen) atoms. The number of anilines is 1. The fourth-order valence-electron chi connectivity index (χ4n) is 3.95. The van der Waals surface area contributed by atoms with Crippen molar-refractivity contribution in [2.24, 2.45) is 0 Å². The summed E-state index contributed by atoms with van der Waals surface area (Å²) in [4.78, 5) is 0.245. The molecular formula is C20H22N2O5S. The summed E-state index contributed by atoms with van der Waals surface area (Å²) in [6.07, 6.45) is -1.89. The van der Waals surface area contributed by atoms with Gasteiger partial charge in [-0.15, -0.1) is 0 Å². The maximum Gasteiger partial charge on any atom is 0.270 e. The van der Waals surface area contributed by atoms with Crippen molar-refractivity contribution >= 4 is 29.0 Å². The van der Waals surface area contributed by atoms with Crippen LogP contribution in [0.2, 0.25) is 0 Å². The Bertz CT molecular complexity index is 1070. The summed E-state index contributed by atoms with van der Waals surface area (Å²) < 4.78 is 24.6. The van der Waals surface area contributed by atoms with E-state index < -0.39 is 24.0 Å². The van der Waals surface area contributed by atoms with Crippen molar-refractivity contribution < 1.29 is 23.7 Å². The summed E-state index contributed by atoms with van der Waals surface area (Å²) in [5, 5.41) is 11.5. The Hall–Kier alpha value is -2.39. The average Bonchev–Trinajstić information content (AvgIpc) is 3.00. The van der Waals surface area contributed by atoms with Gasteiger partial charge in [-0.25, -0.2) is 0 Å². The third-order valence-electron chi connectivity index (χ3n) is 5.26. The van der Waals surface area contributed by atoms with Gasteiger partial charge in [-0.1, -0.05) is 12.1 Å². The Morgan fingerprint density at radius 1 is 1.21 bits per heavy atom. The Balaban J connectivity index is 2.00. The number of fused-ring (bicyclic) bond motifs is 2. The van der Waals surface area contributed by atoms with Crippen molar-refractivity contribution in [2.75, 3.05) is 20.0 Å². The Morgan fingerprint density at radius 3 is 2.64 bits per heavy atom. The number of hydrogen-bond acceptors (Lipinski definition) is 7. The zero-order valence-electron chi connectivity index (χ0n) is 15.8. The minimum absolute atomic E-state index is 0.245. The van der Waals surface area contributed by atoms with Gasteiger partial charge in [-0.3, -0.25) is 4.57 Å². The number of rotatable bonds is 4. The van der Waals surface area contributed by atoms with Crippen molar-refractivity contribution in [1.82, 2.24) is 4.57 Å². The summed E-state index contributed by atoms with van der Waals surface area (Å²) in [5.41, 5.74) is 7.48. The number of oxazole rings is 1. The predicted molar refractivity (Wildman–Crippen MR) is 107 cm³/mol. The van der Waals surface area contributed by atoms with E-state index in [2.05, 4.69) is 0 Å². The highest BCUT2D eigenvalue weighted by atomic mass is 32.1. The summed E-state index contributed by atoms with van der Waals surface area (Å²) in [6, 6.07) is 12.2. The zero-order chi connectivity index (χ0) is 20.1. The van der Waals surface area contributed by atoms with Gasteiger partial charge >= 0.3 is 0 Å². The van der Waals surface area contributed by atoms with E-state index in [0.29, 0.717) is 22.6 Å². The largest absolute Gasteiger partial charge is 0.479 e. The minimum Gasteiger partial charge on any atom is -0.479 e. The molecule has 0 amide bonds. The number of nitrogen functional groups attached to an aromatic ring is 1. The number of benzene rings is 2. The average molecular weight is 402 g/mol. The lowest BCUT2D eigenvalue weighted by Gasteiger charge is -2.46. The molecule has 0 unspecified atom stereocenters. The first-order valence-corrected chi connectivity index (χ1v) is 9.23. The van der Waals surface area contributed by atoms with E-state index in [0.717, 1.165) is 5.52 Å². The monoisotopic (exact) mass is 402 g/mol. The molecule has 0 bridgehead atoms. The van der Waals surface area contributed by atoms with E-state index in [1.54, 1.807) is 29.7 Å². The van der Waals surface area contributed by atoms with Crippen LogP contribution in [0.25, 0.3) is 11.1 Å². The number of aromatic nitrogens is 1. The van der Waals surface area contributed by atoms with Crippen LogP contribution in [0.1, 0.15) is 18.5 Å². The Kier molecular flexibility index (Phi) is 4.67. The molecular weight excluding hydrogens is 380 g/mol. The number of methoxy groups -OCH3 is 2. The van der Waals surface area contributed by atoms with E-state index in [-0.39, 0.29) is 4.84 Å². The number of ether oxygens (including phenoxy) is 3. The maximum atomic E-state index is 11.5. The van der Waals surface area contributed by atoms with Crippen LogP contribution in [0.15, 0.2) is 46.9 Å². The second-order valence-electron chi connectivity index (χ2n) is 6.98. The molecule has 1 aromatic heterocycles. The molecule has 2 heterocycles. The molecule has 0 saturated heterocycles. The van der Waals surface area contributed by atoms with Crippen molar-refractivity contribution in [3.63, 3.8) is 0 Å². The van der Waals surface area contributed by atoms with E-state index in [9.17, 15) is 5.11 Å². The number of aliphatic hydroxyl groups excluding tert-OH is 1. The quantitative estimate of drug-likeness (QED) is 0.393. The van der Waals surface area contributed by atoms with Gasteiger partial charge in [0.15, 0.2) is 17.5 Å². The number of aliphatic hydroxyl groups is 1. The molecule has 7 nitrogen and oxygen atoms in total. The zero-order valence-corrected chi connectivity index (χ0v) is 16.6. The van der Waals surface area contributed by atoms with Gasteiger partial charge in [0.25, 0.3) is 4.84 Å². The van der Waals surface area contributed by atoms with Crippen LogP contribution >= 0.6 is 12.2 Å². The molecule has 4 rings (SSSR count). The SMILES string of the molecule is COC(OC)[C@@]1(C)Oc2ccc(N)cc2[C@@H](n2c(=S)oc3ccccc32)[C@H]1O. The van der Waals surface area contributed by atoms with E-state index in [4.69, 9.17) is 36.6 Å². The lowest BCUT2D eigenvalue weighted by atomic mass is 9.84. The van der Waals surface area contributed by atoms with Crippen LogP contribution in [0.4, 0.5) is 5.69 Å². The van der Waals surface area contributed by atoms with Gasteiger partial charge in [0.1, 0.15) is 11.9 Å². The summed E-state index contributed by atoms with van der Waals surface area (Å²) in [7, 11) is 3.00. The lowest BCUT2D eigenvalue weighted by molar-refractivity contribution is -0.238. The number of para-hydroxylation sites is 2. The minimum atomic E-state index is -1.20. The Labute approximate surface area is 167 Å². The van der Waals surface area contributed by atoms with Crippen LogP contribution in [0.3, 0.4) is 0 Å². The smallest absolute Gasteiger partial charge is 0.270 e. The van der Waals surface area contributed by atoms with Crippen molar-refractivity contribution in [2.45, 2.75) is 31.0 Å². The second-order valence-corrected chi connectivity index (χ2v) is 7.33. The molecule has 3 aromatic rings. The fourth-order valence-corrected chi connectivity index (χ4v) is 4.25. The van der Waals surface area contributed by atoms with Crippen LogP contribution in [-0.2, 0) is 9.47 Å². The highest BCUT2D eigenvalue weighted by molar-refractivity contribution is 7.71. The standard InChI is InChI=1S/C20H22N2O5S/c1-20(18(24-2)25-3)17(23)16(12-10-11(21)8-9-14(12)27-20)22-13-6-4-5-7-15(13)26-19(22)28/h4-10,16-18,23H,21H2,1-3H3/t16-,17-,20+/m1/s1. The maximum absolute atomic E-state index is 11.5. The van der Waals surface area contributed by atoms with Gasteiger partial charge in [0, 0.05) is 25.5 Å². The molecule has 1 aliphatic heterocycles. The van der Waals surface area contributed by atoms with Crippen LogP contribution in [0.5, 0.6) is 5.75 Å². The fraction of sp³-hybridized carbons (Fsp3) is 0.350. The molecule has 8 heteroatoms. The van der Waals surface area contributed by atoms with Crippen LogP contribution < -0.4 is 10.5 Å². The van der Waals surface area contributed by atoms with Crippen molar-refractivity contribution in [1.29, 1.82) is 0 Å². The van der Waals surface area contributed by atoms with E-state index in [1.165, 1.54) is 14.2 Å². The molecule has 3 atom stereocenters. The first-order valence-electron chi connectivity index (χ1n) is 8.83. The number of nitrogens with zero attached hydrogens (tertiary/aromatic N) is 1. The summed E-state index contributed by atoms with van der Waals surface area (Å²) in [6.45, 7) is 1.74. The Morgan fingerprint density at radius 2 is 1.93 bits per heavy atom. The van der Waals surface area contributed by atoms with Crippen LogP contribution in [0, 0.1) is 4.84 Å². The predicted octanol–water partition coefficient (Wildman–Crippen LogP) is 3.27. The number of hydrogen-bond donors (Lipinski definition) is 2. The van der Waals surface area contributed by atoms with Gasteiger partial charge in [0.05, 0.1) is 11.6 Å². The topological polar surface area (TPSA) is 92.0 Å². The highest BCUT2D eigenvalue weighted by Crippen LogP contribution is 2.46. The summed E-state index contributed by atoms with van der Waals surface area (Å²) in [5.74, 6) is 0.568. The third kappa shape index (κ3) is 2.72. The van der Waals surface area contributed by atoms with E-state index in [1.807, 2.05) is 24.3 Å². The molecule has 148 valence electrons. The molecule has 3 N–H and O–H groups in total. The van der Waals surface area contributed by atoms with Gasteiger partial charge in [-0.2, -0.15) is 0 Å². The van der Waals surface area contributed by atoms with Gasteiger partial charge in [0.2, 0.25) is 0 Å². The first-order chi connectivity index (χ1) is 13.4.